The Morgan fingerprint density at radius 2 is 2.00 bits per heavy atom. The fourth-order valence-electron chi connectivity index (χ4n) is 1.20. The van der Waals surface area contributed by atoms with Crippen LogP contribution in [-0.4, -0.2) is 31.8 Å². The van der Waals surface area contributed by atoms with Crippen molar-refractivity contribution in [2.45, 2.75) is 12.1 Å². The fourth-order valence-corrected chi connectivity index (χ4v) is 1.20. The average molecular weight is 230 g/mol. The van der Waals surface area contributed by atoms with Crippen LogP contribution in [0.3, 0.4) is 0 Å². The highest BCUT2D eigenvalue weighted by Crippen LogP contribution is 2.28. The number of nitrogens with zero attached hydrogens (tertiary/aromatic N) is 2. The molecule has 0 aromatic rings. The minimum Gasteiger partial charge on any atom is -0.477 e. The molecule has 0 spiro atoms. The van der Waals surface area contributed by atoms with Crippen LogP contribution in [0, 0.1) is 20.2 Å². The number of aliphatic hydroxyl groups is 1. The van der Waals surface area contributed by atoms with Crippen LogP contribution in [0.2, 0.25) is 0 Å². The Morgan fingerprint density at radius 1 is 1.44 bits per heavy atom. The Labute approximate surface area is 87.6 Å². The Bertz CT molecular complexity index is 438. The number of hydrogen-bond acceptors (Lipinski definition) is 6. The zero-order chi connectivity index (χ0) is 12.5. The zero-order valence-electron chi connectivity index (χ0n) is 7.69. The molecule has 0 aromatic carbocycles. The van der Waals surface area contributed by atoms with E-state index < -0.39 is 39.2 Å². The molecule has 0 saturated carbocycles. The van der Waals surface area contributed by atoms with E-state index in [1.54, 1.807) is 0 Å². The highest BCUT2D eigenvalue weighted by Gasteiger charge is 2.46. The third-order valence-corrected chi connectivity index (χ3v) is 2.02. The second-order valence-electron chi connectivity index (χ2n) is 3.07. The average Bonchev–Trinajstić information content (AvgIpc) is 2.16. The molecule has 16 heavy (non-hydrogen) atoms. The van der Waals surface area contributed by atoms with Crippen molar-refractivity contribution in [1.29, 1.82) is 0 Å². The highest BCUT2D eigenvalue weighted by molar-refractivity contribution is 5.90. The van der Waals surface area contributed by atoms with Gasteiger partial charge in [-0.3, -0.25) is 20.2 Å². The van der Waals surface area contributed by atoms with Crippen LogP contribution >= 0.6 is 0 Å². The molecule has 1 rings (SSSR count). The highest BCUT2D eigenvalue weighted by atomic mass is 16.7. The Balaban J connectivity index is 3.23. The molecule has 0 aliphatic heterocycles. The number of carbonyl (C=O) groups is 1. The summed E-state index contributed by atoms with van der Waals surface area (Å²) in [5, 5.41) is 38.9. The van der Waals surface area contributed by atoms with E-state index in [0.717, 1.165) is 0 Å². The molecule has 9 heteroatoms. The van der Waals surface area contributed by atoms with E-state index in [1.807, 2.05) is 0 Å². The summed E-state index contributed by atoms with van der Waals surface area (Å²) in [7, 11) is 0. The first-order valence-corrected chi connectivity index (χ1v) is 3.95. The van der Waals surface area contributed by atoms with Gasteiger partial charge < -0.3 is 10.2 Å². The van der Waals surface area contributed by atoms with Crippen LogP contribution in [0.4, 0.5) is 0 Å². The number of hydrogen-bond donors (Lipinski definition) is 2. The van der Waals surface area contributed by atoms with Crippen molar-refractivity contribution in [2.75, 3.05) is 0 Å². The molecule has 0 amide bonds. The van der Waals surface area contributed by atoms with Crippen molar-refractivity contribution >= 4 is 5.97 Å². The van der Waals surface area contributed by atoms with E-state index in [0.29, 0.717) is 12.2 Å². The number of nitro groups is 2. The molecule has 1 aliphatic carbocycles. The van der Waals surface area contributed by atoms with E-state index >= 15 is 0 Å². The van der Waals surface area contributed by atoms with E-state index in [-0.39, 0.29) is 0 Å². The summed E-state index contributed by atoms with van der Waals surface area (Å²) in [6, 6.07) is 0. The van der Waals surface area contributed by atoms with Gasteiger partial charge in [0.25, 0.3) is 5.70 Å². The summed E-state index contributed by atoms with van der Waals surface area (Å²) >= 11 is 0. The first kappa shape index (κ1) is 11.8. The van der Waals surface area contributed by atoms with Crippen molar-refractivity contribution in [3.8, 4) is 0 Å². The van der Waals surface area contributed by atoms with Gasteiger partial charge in [0.1, 0.15) is 12.0 Å². The number of rotatable bonds is 3. The van der Waals surface area contributed by atoms with E-state index in [1.165, 1.54) is 0 Å². The van der Waals surface area contributed by atoms with E-state index in [2.05, 4.69) is 0 Å². The minimum absolute atomic E-state index is 0.615. The van der Waals surface area contributed by atoms with Crippen molar-refractivity contribution in [2.24, 2.45) is 0 Å². The molecule has 0 saturated heterocycles. The van der Waals surface area contributed by atoms with Crippen LogP contribution in [0.25, 0.3) is 0 Å². The summed E-state index contributed by atoms with van der Waals surface area (Å²) in [5.41, 5.74) is -4.19. The lowest BCUT2D eigenvalue weighted by molar-refractivity contribution is -0.612. The van der Waals surface area contributed by atoms with Gasteiger partial charge in [-0.2, -0.15) is 0 Å². The van der Waals surface area contributed by atoms with Gasteiger partial charge in [0.05, 0.1) is 9.85 Å². The van der Waals surface area contributed by atoms with Gasteiger partial charge in [-0.05, 0) is 6.08 Å². The van der Waals surface area contributed by atoms with Gasteiger partial charge in [-0.1, -0.05) is 0 Å². The first-order chi connectivity index (χ1) is 7.28. The molecule has 2 N–H and O–H groups in total. The van der Waals surface area contributed by atoms with Crippen LogP contribution in [0.1, 0.15) is 6.42 Å². The first-order valence-electron chi connectivity index (χ1n) is 3.95. The van der Waals surface area contributed by atoms with Gasteiger partial charge in [0.15, 0.2) is 0 Å². The maximum Gasteiger partial charge on any atom is 0.352 e. The standard InChI is InChI=1S/C7H6N2O7/c10-6(11)4-1-2-7(12,9(15)16)3-5(4)8(13)14/h1-2,12H,3H2,(H,10,11). The number of carboxylic acid groups (broad SMARTS) is 1. The van der Waals surface area contributed by atoms with E-state index in [4.69, 9.17) is 5.11 Å². The molecule has 0 heterocycles. The third-order valence-electron chi connectivity index (χ3n) is 2.02. The summed E-state index contributed by atoms with van der Waals surface area (Å²) in [4.78, 5) is 29.3. The van der Waals surface area contributed by atoms with Crippen LogP contribution < -0.4 is 0 Å². The number of aliphatic carboxylic acids is 1. The van der Waals surface area contributed by atoms with Crippen molar-refractivity contribution in [3.05, 3.63) is 43.7 Å². The summed E-state index contributed by atoms with van der Waals surface area (Å²) in [6.07, 6.45) is 0.293. The normalized spacial score (nSPS) is 24.3. The van der Waals surface area contributed by atoms with Crippen LogP contribution in [0.15, 0.2) is 23.4 Å². The minimum atomic E-state index is -2.62. The molecule has 86 valence electrons. The molecular formula is C7H6N2O7. The van der Waals surface area contributed by atoms with Crippen LogP contribution in [0.5, 0.6) is 0 Å². The largest absolute Gasteiger partial charge is 0.477 e. The maximum absolute atomic E-state index is 10.6. The molecule has 0 aromatic heterocycles. The summed E-state index contributed by atoms with van der Waals surface area (Å²) in [5.74, 6) is -1.58. The fraction of sp³-hybridized carbons (Fsp3) is 0.286. The molecular weight excluding hydrogens is 224 g/mol. The molecule has 0 bridgehead atoms. The topological polar surface area (TPSA) is 144 Å². The Morgan fingerprint density at radius 3 is 2.38 bits per heavy atom. The Kier molecular flexibility index (Phi) is 2.72. The summed E-state index contributed by atoms with van der Waals surface area (Å²) < 4.78 is 0. The van der Waals surface area contributed by atoms with E-state index in [9.17, 15) is 30.1 Å². The molecule has 1 aliphatic rings. The maximum atomic E-state index is 10.6. The smallest absolute Gasteiger partial charge is 0.352 e. The molecule has 1 atom stereocenters. The molecule has 9 nitrogen and oxygen atoms in total. The second-order valence-corrected chi connectivity index (χ2v) is 3.07. The predicted octanol–water partition coefficient (Wildman–Crippen LogP) is -0.473. The second kappa shape index (κ2) is 3.70. The monoisotopic (exact) mass is 230 g/mol. The van der Waals surface area contributed by atoms with Gasteiger partial charge in [-0.15, -0.1) is 0 Å². The van der Waals surface area contributed by atoms with Crippen molar-refractivity contribution < 1.29 is 24.9 Å². The molecule has 0 radical (unpaired) electrons. The quantitative estimate of drug-likeness (QED) is 0.378. The van der Waals surface area contributed by atoms with Gasteiger partial charge >= 0.3 is 11.7 Å². The molecule has 0 fully saturated rings. The lowest BCUT2D eigenvalue weighted by Gasteiger charge is -2.17. The SMILES string of the molecule is O=C(O)C1=C([N+](=O)[O-])CC(O)([N+](=O)[O-])C=C1. The van der Waals surface area contributed by atoms with Gasteiger partial charge in [0.2, 0.25) is 0 Å². The van der Waals surface area contributed by atoms with Crippen molar-refractivity contribution in [3.63, 3.8) is 0 Å². The lowest BCUT2D eigenvalue weighted by Crippen LogP contribution is -2.39. The Hall–Kier alpha value is -2.29. The molecule has 1 unspecified atom stereocenters. The van der Waals surface area contributed by atoms with Gasteiger partial charge in [-0.25, -0.2) is 4.79 Å². The predicted molar refractivity (Wildman–Crippen MR) is 47.4 cm³/mol. The third kappa shape index (κ3) is 1.88. The van der Waals surface area contributed by atoms with Gasteiger partial charge in [0, 0.05) is 6.08 Å². The van der Waals surface area contributed by atoms with Crippen LogP contribution in [-0.2, 0) is 4.79 Å². The zero-order valence-corrected chi connectivity index (χ0v) is 7.69. The van der Waals surface area contributed by atoms with Crippen molar-refractivity contribution in [1.82, 2.24) is 0 Å². The summed E-state index contributed by atoms with van der Waals surface area (Å²) in [6.45, 7) is 0. The lowest BCUT2D eigenvalue weighted by atomic mass is 9.97. The number of carboxylic acids is 1.